The molecule has 0 saturated heterocycles. The van der Waals surface area contributed by atoms with E-state index < -0.39 is 5.60 Å². The highest BCUT2D eigenvalue weighted by Gasteiger charge is 2.21. The number of rotatable bonds is 17. The van der Waals surface area contributed by atoms with Crippen LogP contribution in [0.25, 0.3) is 10.4 Å². The minimum Gasteiger partial charge on any atom is -0.459 e. The summed E-state index contributed by atoms with van der Waals surface area (Å²) in [5.41, 5.74) is 7.56. The van der Waals surface area contributed by atoms with Crippen LogP contribution in [0.4, 0.5) is 0 Å². The average Bonchev–Trinajstić information content (AvgIpc) is 2.73. The van der Waals surface area contributed by atoms with Crippen molar-refractivity contribution in [3.63, 3.8) is 0 Å². The van der Waals surface area contributed by atoms with Crippen LogP contribution in [0.2, 0.25) is 0 Å². The molecule has 0 heterocycles. The molecule has 33 heavy (non-hydrogen) atoms. The maximum absolute atomic E-state index is 12.5. The second-order valence-electron chi connectivity index (χ2n) is 7.88. The van der Waals surface area contributed by atoms with Crippen molar-refractivity contribution in [3.8, 4) is 0 Å². The molecule has 0 aliphatic rings. The molecule has 0 aliphatic heterocycles. The van der Waals surface area contributed by atoms with Crippen LogP contribution in [-0.4, -0.2) is 87.4 Å². The lowest BCUT2D eigenvalue weighted by Gasteiger charge is -2.24. The van der Waals surface area contributed by atoms with Gasteiger partial charge in [-0.1, -0.05) is 35.1 Å². The smallest absolute Gasteiger partial charge is 0.320 e. The van der Waals surface area contributed by atoms with Crippen molar-refractivity contribution < 1.29 is 28.5 Å². The predicted octanol–water partition coefficient (Wildman–Crippen LogP) is 3.31. The zero-order valence-electron chi connectivity index (χ0n) is 19.6. The number of benzene rings is 1. The Morgan fingerprint density at radius 2 is 1.58 bits per heavy atom. The Kier molecular flexibility index (Phi) is 15.2. The summed E-state index contributed by atoms with van der Waals surface area (Å²) in [6.07, 6.45) is 0. The molecule has 0 saturated carbocycles. The molecule has 10 nitrogen and oxygen atoms in total. The van der Waals surface area contributed by atoms with E-state index in [0.29, 0.717) is 52.7 Å². The summed E-state index contributed by atoms with van der Waals surface area (Å²) in [5, 5.41) is 3.31. The maximum Gasteiger partial charge on any atom is 0.320 e. The van der Waals surface area contributed by atoms with Crippen molar-refractivity contribution in [2.24, 2.45) is 5.11 Å². The number of carbonyl (C=O) groups is 2. The molecular weight excluding hydrogens is 448 g/mol. The standard InChI is InChI=1S/C22H34N4O6S/c1-22(2,3)32-20(27)17-26(18-21(28)33-19-7-5-4-6-8-19)10-12-30-14-16-31-15-13-29-11-9-24-25-23/h4-8H,9-18H2,1-3H3. The van der Waals surface area contributed by atoms with Crippen molar-refractivity contribution in [1.82, 2.24) is 4.90 Å². The number of ether oxygens (including phenoxy) is 4. The van der Waals surface area contributed by atoms with E-state index in [1.807, 2.05) is 30.3 Å². The fourth-order valence-corrected chi connectivity index (χ4v) is 3.29. The van der Waals surface area contributed by atoms with Gasteiger partial charge in [-0.2, -0.15) is 0 Å². The van der Waals surface area contributed by atoms with Gasteiger partial charge in [0, 0.05) is 22.9 Å². The number of thioether (sulfide) groups is 1. The van der Waals surface area contributed by atoms with Crippen molar-refractivity contribution in [2.45, 2.75) is 31.3 Å². The van der Waals surface area contributed by atoms with Gasteiger partial charge < -0.3 is 18.9 Å². The molecule has 0 aliphatic carbocycles. The number of azide groups is 1. The van der Waals surface area contributed by atoms with Gasteiger partial charge in [0.1, 0.15) is 5.60 Å². The van der Waals surface area contributed by atoms with E-state index in [4.69, 9.17) is 24.5 Å². The third-order valence-corrected chi connectivity index (χ3v) is 4.66. The Balaban J connectivity index is 2.32. The molecule has 1 aromatic carbocycles. The van der Waals surface area contributed by atoms with Gasteiger partial charge in [0.2, 0.25) is 5.12 Å². The van der Waals surface area contributed by atoms with Crippen LogP contribution in [0.3, 0.4) is 0 Å². The van der Waals surface area contributed by atoms with Crippen LogP contribution in [-0.2, 0) is 28.5 Å². The second-order valence-corrected chi connectivity index (χ2v) is 9.01. The fourth-order valence-electron chi connectivity index (χ4n) is 2.49. The highest BCUT2D eigenvalue weighted by atomic mass is 32.2. The molecule has 11 heteroatoms. The molecule has 184 valence electrons. The molecule has 0 spiro atoms. The first-order valence-corrected chi connectivity index (χ1v) is 11.6. The van der Waals surface area contributed by atoms with Gasteiger partial charge in [0.15, 0.2) is 0 Å². The van der Waals surface area contributed by atoms with Crippen LogP contribution in [0, 0.1) is 0 Å². The Bertz CT molecular complexity index is 738. The van der Waals surface area contributed by atoms with E-state index in [2.05, 4.69) is 10.0 Å². The van der Waals surface area contributed by atoms with Crippen LogP contribution < -0.4 is 0 Å². The van der Waals surface area contributed by atoms with Crippen molar-refractivity contribution >= 4 is 22.8 Å². The lowest BCUT2D eigenvalue weighted by Crippen LogP contribution is -2.39. The first kappa shape index (κ1) is 28.9. The zero-order chi connectivity index (χ0) is 24.4. The van der Waals surface area contributed by atoms with Gasteiger partial charge in [-0.3, -0.25) is 14.5 Å². The summed E-state index contributed by atoms with van der Waals surface area (Å²) in [7, 11) is 0. The van der Waals surface area contributed by atoms with E-state index in [9.17, 15) is 9.59 Å². The van der Waals surface area contributed by atoms with Crippen molar-refractivity contribution in [2.75, 3.05) is 65.8 Å². The zero-order valence-corrected chi connectivity index (χ0v) is 20.4. The lowest BCUT2D eigenvalue weighted by molar-refractivity contribution is -0.156. The van der Waals surface area contributed by atoms with E-state index in [1.165, 1.54) is 0 Å². The summed E-state index contributed by atoms with van der Waals surface area (Å²) < 4.78 is 21.6. The highest BCUT2D eigenvalue weighted by Crippen LogP contribution is 2.18. The number of nitrogens with zero attached hydrogens (tertiary/aromatic N) is 4. The number of hydrogen-bond donors (Lipinski definition) is 0. The topological polar surface area (TPSA) is 123 Å². The monoisotopic (exact) mass is 482 g/mol. The van der Waals surface area contributed by atoms with Gasteiger partial charge >= 0.3 is 5.97 Å². The van der Waals surface area contributed by atoms with E-state index >= 15 is 0 Å². The molecule has 1 aromatic rings. The maximum atomic E-state index is 12.5. The Labute approximate surface area is 199 Å². The molecule has 0 fully saturated rings. The molecule has 0 bridgehead atoms. The van der Waals surface area contributed by atoms with Gasteiger partial charge in [-0.15, -0.1) is 0 Å². The normalized spacial score (nSPS) is 11.3. The SMILES string of the molecule is CC(C)(C)OC(=O)CN(CCOCCOCCOCCN=[N+]=[N-])CC(=O)Sc1ccccc1. The number of hydrogen-bond acceptors (Lipinski definition) is 9. The third kappa shape index (κ3) is 17.1. The number of esters is 1. The van der Waals surface area contributed by atoms with Crippen LogP contribution in [0.5, 0.6) is 0 Å². The van der Waals surface area contributed by atoms with E-state index in [1.54, 1.807) is 25.7 Å². The van der Waals surface area contributed by atoms with Gasteiger partial charge in [0.25, 0.3) is 0 Å². The first-order chi connectivity index (χ1) is 15.8. The minimum atomic E-state index is -0.591. The van der Waals surface area contributed by atoms with Crippen molar-refractivity contribution in [3.05, 3.63) is 40.8 Å². The average molecular weight is 483 g/mol. The second kappa shape index (κ2) is 17.4. The van der Waals surface area contributed by atoms with Crippen molar-refractivity contribution in [1.29, 1.82) is 0 Å². The van der Waals surface area contributed by atoms with Gasteiger partial charge in [-0.25, -0.2) is 0 Å². The molecule has 0 aromatic heterocycles. The minimum absolute atomic E-state index is 0.00536. The molecule has 0 unspecified atom stereocenters. The fraction of sp³-hybridized carbons (Fsp3) is 0.636. The van der Waals surface area contributed by atoms with Crippen LogP contribution in [0.15, 0.2) is 40.3 Å². The summed E-state index contributed by atoms with van der Waals surface area (Å²) >= 11 is 1.14. The molecule has 0 N–H and O–H groups in total. The summed E-state index contributed by atoms with van der Waals surface area (Å²) in [4.78, 5) is 30.0. The summed E-state index contributed by atoms with van der Waals surface area (Å²) in [6.45, 7) is 8.53. The summed E-state index contributed by atoms with van der Waals surface area (Å²) in [5.74, 6) is -0.385. The molecule has 0 atom stereocenters. The van der Waals surface area contributed by atoms with E-state index in [0.717, 1.165) is 16.7 Å². The van der Waals surface area contributed by atoms with Crippen LogP contribution >= 0.6 is 11.8 Å². The predicted molar refractivity (Wildman–Crippen MR) is 126 cm³/mol. The number of carbonyl (C=O) groups excluding carboxylic acids is 2. The Hall–Kier alpha value is -2.14. The largest absolute Gasteiger partial charge is 0.459 e. The molecule has 0 radical (unpaired) electrons. The lowest BCUT2D eigenvalue weighted by atomic mass is 10.2. The molecule has 0 amide bonds. The van der Waals surface area contributed by atoms with Gasteiger partial charge in [-0.05, 0) is 38.4 Å². The molecular formula is C22H34N4O6S. The van der Waals surface area contributed by atoms with Crippen LogP contribution in [0.1, 0.15) is 20.8 Å². The van der Waals surface area contributed by atoms with E-state index in [-0.39, 0.29) is 24.2 Å². The Morgan fingerprint density at radius 3 is 2.18 bits per heavy atom. The quantitative estimate of drug-likeness (QED) is 0.0827. The highest BCUT2D eigenvalue weighted by molar-refractivity contribution is 8.13. The first-order valence-electron chi connectivity index (χ1n) is 10.7. The third-order valence-electron chi connectivity index (χ3n) is 3.80. The van der Waals surface area contributed by atoms with Gasteiger partial charge in [0.05, 0.1) is 52.7 Å². The summed E-state index contributed by atoms with van der Waals surface area (Å²) in [6, 6.07) is 9.38. The molecule has 1 rings (SSSR count). The Morgan fingerprint density at radius 1 is 0.970 bits per heavy atom.